The van der Waals surface area contributed by atoms with Crippen LogP contribution in [0.5, 0.6) is 0 Å². The number of H-pyrrole nitrogens is 1. The van der Waals surface area contributed by atoms with Gasteiger partial charge in [-0.25, -0.2) is 19.3 Å². The van der Waals surface area contributed by atoms with Crippen LogP contribution in [0.4, 0.5) is 4.79 Å². The third-order valence-corrected chi connectivity index (χ3v) is 3.59. The number of carbonyl (C=O) groups is 1. The molecule has 0 amide bonds. The molecule has 2 aromatic heterocycles. The highest BCUT2D eigenvalue weighted by atomic mass is 16.4. The molecule has 0 unspecified atom stereocenters. The minimum Gasteiger partial charge on any atom is -0.464 e. The smallest absolute Gasteiger partial charge is 0.417 e. The summed E-state index contributed by atoms with van der Waals surface area (Å²) in [5.74, 6) is 1.15. The van der Waals surface area contributed by atoms with Gasteiger partial charge in [0.25, 0.3) is 0 Å². The molecular formula is C16H12N4O2. The molecule has 0 aliphatic heterocycles. The van der Waals surface area contributed by atoms with Crippen LogP contribution in [0.1, 0.15) is 11.6 Å². The normalized spacial score (nSPS) is 11.3. The predicted molar refractivity (Wildman–Crippen MR) is 82.1 cm³/mol. The van der Waals surface area contributed by atoms with Gasteiger partial charge in [0.15, 0.2) is 0 Å². The van der Waals surface area contributed by atoms with E-state index in [0.29, 0.717) is 29.1 Å². The van der Waals surface area contributed by atoms with E-state index in [0.717, 1.165) is 11.0 Å². The fourth-order valence-corrected chi connectivity index (χ4v) is 2.65. The first-order valence-electron chi connectivity index (χ1n) is 6.85. The molecule has 6 nitrogen and oxygen atoms in total. The van der Waals surface area contributed by atoms with Crippen molar-refractivity contribution in [1.82, 2.24) is 19.5 Å². The molecule has 108 valence electrons. The number of aromatic nitrogens is 4. The van der Waals surface area contributed by atoms with Crippen molar-refractivity contribution in [3.63, 3.8) is 0 Å². The summed E-state index contributed by atoms with van der Waals surface area (Å²) in [6.45, 7) is 0. The Hall–Kier alpha value is -3.15. The van der Waals surface area contributed by atoms with E-state index in [-0.39, 0.29) is 0 Å². The van der Waals surface area contributed by atoms with Crippen molar-refractivity contribution < 1.29 is 9.90 Å². The number of nitrogens with one attached hydrogen (secondary N) is 1. The highest BCUT2D eigenvalue weighted by molar-refractivity contribution is 5.86. The number of carboxylic acid groups (broad SMARTS) is 1. The molecule has 0 spiro atoms. The second-order valence-corrected chi connectivity index (χ2v) is 5.01. The number of hydrogen-bond acceptors (Lipinski definition) is 3. The second-order valence-electron chi connectivity index (χ2n) is 5.01. The quantitative estimate of drug-likeness (QED) is 0.595. The van der Waals surface area contributed by atoms with Crippen LogP contribution in [0.2, 0.25) is 0 Å². The Bertz CT molecular complexity index is 967. The molecule has 2 N–H and O–H groups in total. The van der Waals surface area contributed by atoms with Gasteiger partial charge in [-0.2, -0.15) is 0 Å². The summed E-state index contributed by atoms with van der Waals surface area (Å²) >= 11 is 0. The van der Waals surface area contributed by atoms with Gasteiger partial charge < -0.3 is 10.1 Å². The standard InChI is InChI=1S/C16H12N4O2/c21-16(22)20-13-8-4-3-7-12(13)19-15(20)9-14-17-10-5-1-2-6-11(10)18-14/h1-8H,9H2,(H,17,18)(H,21,22). The van der Waals surface area contributed by atoms with Crippen LogP contribution in [0.25, 0.3) is 22.1 Å². The van der Waals surface area contributed by atoms with Crippen LogP contribution in [-0.2, 0) is 6.42 Å². The second kappa shape index (κ2) is 4.70. The van der Waals surface area contributed by atoms with E-state index in [1.54, 1.807) is 18.2 Å². The number of fused-ring (bicyclic) bond motifs is 2. The number of rotatable bonds is 2. The molecule has 0 saturated carbocycles. The maximum absolute atomic E-state index is 11.6. The fourth-order valence-electron chi connectivity index (χ4n) is 2.65. The topological polar surface area (TPSA) is 83.8 Å². The summed E-state index contributed by atoms with van der Waals surface area (Å²) in [7, 11) is 0. The largest absolute Gasteiger partial charge is 0.464 e. The van der Waals surface area contributed by atoms with Gasteiger partial charge in [-0.15, -0.1) is 0 Å². The van der Waals surface area contributed by atoms with E-state index in [9.17, 15) is 9.90 Å². The van der Waals surface area contributed by atoms with Crippen molar-refractivity contribution in [3.8, 4) is 0 Å². The Morgan fingerprint density at radius 3 is 2.55 bits per heavy atom. The van der Waals surface area contributed by atoms with Crippen LogP contribution in [0.3, 0.4) is 0 Å². The van der Waals surface area contributed by atoms with E-state index >= 15 is 0 Å². The highest BCUT2D eigenvalue weighted by Gasteiger charge is 2.17. The number of aromatic amines is 1. The summed E-state index contributed by atoms with van der Waals surface area (Å²) in [4.78, 5) is 23.6. The zero-order valence-corrected chi connectivity index (χ0v) is 11.5. The van der Waals surface area contributed by atoms with Crippen molar-refractivity contribution in [2.24, 2.45) is 0 Å². The van der Waals surface area contributed by atoms with Crippen LogP contribution in [-0.4, -0.2) is 30.7 Å². The Balaban J connectivity index is 1.83. The van der Waals surface area contributed by atoms with E-state index in [1.165, 1.54) is 4.57 Å². The summed E-state index contributed by atoms with van der Waals surface area (Å²) in [5, 5.41) is 9.46. The van der Waals surface area contributed by atoms with E-state index in [4.69, 9.17) is 0 Å². The first-order valence-corrected chi connectivity index (χ1v) is 6.85. The monoisotopic (exact) mass is 292 g/mol. The lowest BCUT2D eigenvalue weighted by Crippen LogP contribution is -2.12. The summed E-state index contributed by atoms with van der Waals surface area (Å²) in [6.07, 6.45) is -0.713. The van der Waals surface area contributed by atoms with Crippen LogP contribution < -0.4 is 0 Å². The third kappa shape index (κ3) is 1.93. The Morgan fingerprint density at radius 1 is 1.05 bits per heavy atom. The maximum Gasteiger partial charge on any atom is 0.417 e. The Kier molecular flexibility index (Phi) is 2.69. The van der Waals surface area contributed by atoms with Crippen LogP contribution >= 0.6 is 0 Å². The molecule has 0 aliphatic rings. The summed E-state index contributed by atoms with van der Waals surface area (Å²) in [6, 6.07) is 14.9. The van der Waals surface area contributed by atoms with E-state index in [2.05, 4.69) is 15.0 Å². The predicted octanol–water partition coefficient (Wildman–Crippen LogP) is 3.03. The third-order valence-electron chi connectivity index (χ3n) is 3.59. The van der Waals surface area contributed by atoms with Crippen molar-refractivity contribution in [3.05, 3.63) is 60.2 Å². The molecule has 0 aliphatic carbocycles. The average molecular weight is 292 g/mol. The van der Waals surface area contributed by atoms with Gasteiger partial charge in [-0.1, -0.05) is 24.3 Å². The number of para-hydroxylation sites is 4. The molecule has 4 rings (SSSR count). The van der Waals surface area contributed by atoms with Gasteiger partial charge in [-0.05, 0) is 24.3 Å². The Labute approximate surface area is 125 Å². The summed E-state index contributed by atoms with van der Waals surface area (Å²) < 4.78 is 1.21. The minimum absolute atomic E-state index is 0.329. The lowest BCUT2D eigenvalue weighted by atomic mass is 10.3. The van der Waals surface area contributed by atoms with Crippen molar-refractivity contribution in [2.45, 2.75) is 6.42 Å². The van der Waals surface area contributed by atoms with Crippen molar-refractivity contribution >= 4 is 28.2 Å². The Morgan fingerprint density at radius 2 is 1.77 bits per heavy atom. The van der Waals surface area contributed by atoms with E-state index < -0.39 is 6.09 Å². The van der Waals surface area contributed by atoms with Crippen molar-refractivity contribution in [2.75, 3.05) is 0 Å². The lowest BCUT2D eigenvalue weighted by molar-refractivity contribution is 0.196. The average Bonchev–Trinajstić information content (AvgIpc) is 3.06. The molecule has 0 fully saturated rings. The molecule has 0 saturated heterocycles. The van der Waals surface area contributed by atoms with Gasteiger partial charge in [0.2, 0.25) is 0 Å². The SMILES string of the molecule is O=C(O)n1c(Cc2nc3ccccc3[nH]2)nc2ccccc21. The molecule has 2 aromatic carbocycles. The van der Waals surface area contributed by atoms with Gasteiger partial charge in [-0.3, -0.25) is 0 Å². The molecule has 6 heteroatoms. The molecule has 0 radical (unpaired) electrons. The van der Waals surface area contributed by atoms with Gasteiger partial charge in [0.1, 0.15) is 11.6 Å². The maximum atomic E-state index is 11.6. The molecule has 4 aromatic rings. The molecule has 2 heterocycles. The zero-order chi connectivity index (χ0) is 15.1. The lowest BCUT2D eigenvalue weighted by Gasteiger charge is -2.01. The number of imidazole rings is 2. The first-order chi connectivity index (χ1) is 10.7. The van der Waals surface area contributed by atoms with E-state index in [1.807, 2.05) is 30.3 Å². The highest BCUT2D eigenvalue weighted by Crippen LogP contribution is 2.19. The zero-order valence-electron chi connectivity index (χ0n) is 11.5. The van der Waals surface area contributed by atoms with Crippen LogP contribution in [0, 0.1) is 0 Å². The molecule has 0 bridgehead atoms. The minimum atomic E-state index is -1.04. The van der Waals surface area contributed by atoms with Gasteiger partial charge in [0, 0.05) is 0 Å². The van der Waals surface area contributed by atoms with Crippen LogP contribution in [0.15, 0.2) is 48.5 Å². The molecule has 22 heavy (non-hydrogen) atoms. The fraction of sp³-hybridized carbons (Fsp3) is 0.0625. The van der Waals surface area contributed by atoms with Crippen molar-refractivity contribution in [1.29, 1.82) is 0 Å². The number of hydrogen-bond donors (Lipinski definition) is 2. The molecule has 0 atom stereocenters. The van der Waals surface area contributed by atoms with Gasteiger partial charge >= 0.3 is 6.09 Å². The van der Waals surface area contributed by atoms with Gasteiger partial charge in [0.05, 0.1) is 28.5 Å². The number of nitrogens with zero attached hydrogens (tertiary/aromatic N) is 3. The molecular weight excluding hydrogens is 280 g/mol. The number of benzene rings is 2. The first kappa shape index (κ1) is 12.6. The summed E-state index contributed by atoms with van der Waals surface area (Å²) in [5.41, 5.74) is 3.03.